The van der Waals surface area contributed by atoms with E-state index in [0.29, 0.717) is 17.9 Å². The first kappa shape index (κ1) is 11.7. The molecule has 1 fully saturated rings. The van der Waals surface area contributed by atoms with Crippen LogP contribution in [-0.2, 0) is 4.79 Å². The van der Waals surface area contributed by atoms with Crippen LogP contribution >= 0.6 is 0 Å². The zero-order valence-corrected chi connectivity index (χ0v) is 10.2. The lowest BCUT2D eigenvalue weighted by Crippen LogP contribution is -1.93. The molecule has 0 aromatic heterocycles. The molecule has 0 spiro atoms. The molecule has 0 saturated heterocycles. The van der Waals surface area contributed by atoms with E-state index in [1.807, 2.05) is 24.3 Å². The van der Waals surface area contributed by atoms with Gasteiger partial charge in [0.25, 0.3) is 0 Å². The van der Waals surface area contributed by atoms with Gasteiger partial charge in [-0.3, -0.25) is 4.79 Å². The highest BCUT2D eigenvalue weighted by atomic mass is 16.5. The number of Topliss-reactive ketones (excluding diaryl/α,β-unsaturated/α-hetero) is 1. The van der Waals surface area contributed by atoms with Crippen LogP contribution in [0.3, 0.4) is 0 Å². The molecule has 1 aromatic rings. The average molecular weight is 232 g/mol. The summed E-state index contributed by atoms with van der Waals surface area (Å²) in [6, 6.07) is 5.67. The Labute approximate surface area is 101 Å². The Morgan fingerprint density at radius 1 is 1.12 bits per heavy atom. The van der Waals surface area contributed by atoms with Gasteiger partial charge < -0.3 is 9.47 Å². The Bertz CT molecular complexity index is 461. The van der Waals surface area contributed by atoms with Crippen molar-refractivity contribution >= 4 is 11.9 Å². The Balaban J connectivity index is 2.31. The highest BCUT2D eigenvalue weighted by Crippen LogP contribution is 2.30. The van der Waals surface area contributed by atoms with Crippen molar-refractivity contribution in [3.63, 3.8) is 0 Å². The normalized spacial score (nSPS) is 17.5. The standard InChI is InChI=1S/C14H16O3/c1-16-13-7-6-10(9-14(13)17-2)8-11-4-3-5-12(11)15/h6-9H,3-5H2,1-2H3/b11-8+. The van der Waals surface area contributed by atoms with Gasteiger partial charge >= 0.3 is 0 Å². The van der Waals surface area contributed by atoms with Gasteiger partial charge in [-0.25, -0.2) is 0 Å². The molecule has 90 valence electrons. The number of allylic oxidation sites excluding steroid dienone is 1. The third kappa shape index (κ3) is 2.49. The minimum absolute atomic E-state index is 0.264. The van der Waals surface area contributed by atoms with E-state index in [1.54, 1.807) is 14.2 Å². The molecule has 0 heterocycles. The lowest BCUT2D eigenvalue weighted by molar-refractivity contribution is -0.114. The van der Waals surface area contributed by atoms with Crippen molar-refractivity contribution in [2.45, 2.75) is 19.3 Å². The van der Waals surface area contributed by atoms with E-state index in [4.69, 9.17) is 9.47 Å². The molecule has 1 saturated carbocycles. The summed E-state index contributed by atoms with van der Waals surface area (Å²) in [6.45, 7) is 0. The van der Waals surface area contributed by atoms with Gasteiger partial charge in [-0.15, -0.1) is 0 Å². The van der Waals surface area contributed by atoms with Crippen LogP contribution in [0.25, 0.3) is 6.08 Å². The molecular weight excluding hydrogens is 216 g/mol. The maximum Gasteiger partial charge on any atom is 0.161 e. The zero-order valence-electron chi connectivity index (χ0n) is 10.2. The summed E-state index contributed by atoms with van der Waals surface area (Å²) >= 11 is 0. The second-order valence-corrected chi connectivity index (χ2v) is 4.06. The topological polar surface area (TPSA) is 35.5 Å². The lowest BCUT2D eigenvalue weighted by Gasteiger charge is -2.08. The van der Waals surface area contributed by atoms with Crippen LogP contribution < -0.4 is 9.47 Å². The molecule has 2 rings (SSSR count). The van der Waals surface area contributed by atoms with E-state index >= 15 is 0 Å². The Kier molecular flexibility index (Phi) is 3.47. The van der Waals surface area contributed by atoms with E-state index in [-0.39, 0.29) is 5.78 Å². The van der Waals surface area contributed by atoms with Gasteiger partial charge in [0.05, 0.1) is 14.2 Å². The SMILES string of the molecule is COc1ccc(/C=C2\CCCC2=O)cc1OC. The van der Waals surface area contributed by atoms with Crippen LogP contribution in [-0.4, -0.2) is 20.0 Å². The Hall–Kier alpha value is -1.77. The van der Waals surface area contributed by atoms with Crippen molar-refractivity contribution in [2.24, 2.45) is 0 Å². The van der Waals surface area contributed by atoms with Gasteiger partial charge in [-0.1, -0.05) is 6.07 Å². The van der Waals surface area contributed by atoms with Gasteiger partial charge in [0.15, 0.2) is 17.3 Å². The third-order valence-electron chi connectivity index (χ3n) is 2.96. The largest absolute Gasteiger partial charge is 0.493 e. The highest BCUT2D eigenvalue weighted by Gasteiger charge is 2.16. The second-order valence-electron chi connectivity index (χ2n) is 4.06. The van der Waals surface area contributed by atoms with Gasteiger partial charge in [0.2, 0.25) is 0 Å². The van der Waals surface area contributed by atoms with Crippen LogP contribution in [0, 0.1) is 0 Å². The summed E-state index contributed by atoms with van der Waals surface area (Å²) in [4.78, 5) is 11.5. The Morgan fingerprint density at radius 3 is 2.47 bits per heavy atom. The highest BCUT2D eigenvalue weighted by molar-refractivity contribution is 6.01. The number of methoxy groups -OCH3 is 2. The van der Waals surface area contributed by atoms with E-state index in [0.717, 1.165) is 24.0 Å². The fraction of sp³-hybridized carbons (Fsp3) is 0.357. The molecule has 3 heteroatoms. The maximum absolute atomic E-state index is 11.5. The van der Waals surface area contributed by atoms with Crippen LogP contribution in [0.1, 0.15) is 24.8 Å². The first-order valence-electron chi connectivity index (χ1n) is 5.70. The van der Waals surface area contributed by atoms with Crippen molar-refractivity contribution < 1.29 is 14.3 Å². The van der Waals surface area contributed by atoms with Crippen molar-refractivity contribution in [3.05, 3.63) is 29.3 Å². The monoisotopic (exact) mass is 232 g/mol. The number of hydrogen-bond donors (Lipinski definition) is 0. The van der Waals surface area contributed by atoms with Gasteiger partial charge in [-0.2, -0.15) is 0 Å². The molecule has 0 N–H and O–H groups in total. The molecule has 1 aromatic carbocycles. The number of benzene rings is 1. The fourth-order valence-corrected chi connectivity index (χ4v) is 2.04. The first-order chi connectivity index (χ1) is 8.24. The molecule has 0 unspecified atom stereocenters. The molecule has 0 atom stereocenters. The number of rotatable bonds is 3. The summed E-state index contributed by atoms with van der Waals surface area (Å²) in [5.41, 5.74) is 1.89. The fourth-order valence-electron chi connectivity index (χ4n) is 2.04. The smallest absolute Gasteiger partial charge is 0.161 e. The van der Waals surface area contributed by atoms with Crippen molar-refractivity contribution in [1.29, 1.82) is 0 Å². The summed E-state index contributed by atoms with van der Waals surface area (Å²) in [5, 5.41) is 0. The summed E-state index contributed by atoms with van der Waals surface area (Å²) in [7, 11) is 3.21. The summed E-state index contributed by atoms with van der Waals surface area (Å²) in [6.07, 6.45) is 4.47. The second kappa shape index (κ2) is 5.04. The average Bonchev–Trinajstić information content (AvgIpc) is 2.75. The molecule has 0 radical (unpaired) electrons. The lowest BCUT2D eigenvalue weighted by atomic mass is 10.1. The number of ether oxygens (including phenoxy) is 2. The molecule has 0 bridgehead atoms. The van der Waals surface area contributed by atoms with E-state index in [1.165, 1.54) is 0 Å². The van der Waals surface area contributed by atoms with Gasteiger partial charge in [-0.05, 0) is 42.2 Å². The number of ketones is 1. The van der Waals surface area contributed by atoms with Crippen LogP contribution in [0.2, 0.25) is 0 Å². The molecule has 0 aliphatic heterocycles. The summed E-state index contributed by atoms with van der Waals surface area (Å²) in [5.74, 6) is 1.65. The molecule has 0 amide bonds. The summed E-state index contributed by atoms with van der Waals surface area (Å²) < 4.78 is 10.4. The molecule has 1 aliphatic carbocycles. The van der Waals surface area contributed by atoms with Gasteiger partial charge in [0.1, 0.15) is 0 Å². The van der Waals surface area contributed by atoms with Crippen molar-refractivity contribution in [1.82, 2.24) is 0 Å². The quantitative estimate of drug-likeness (QED) is 0.752. The third-order valence-corrected chi connectivity index (χ3v) is 2.96. The minimum atomic E-state index is 0.264. The van der Waals surface area contributed by atoms with Crippen molar-refractivity contribution in [2.75, 3.05) is 14.2 Å². The first-order valence-corrected chi connectivity index (χ1v) is 5.70. The number of hydrogen-bond acceptors (Lipinski definition) is 3. The predicted octanol–water partition coefficient (Wildman–Crippen LogP) is 2.84. The molecule has 1 aliphatic rings. The van der Waals surface area contributed by atoms with Crippen LogP contribution in [0.4, 0.5) is 0 Å². The molecular formula is C14H16O3. The maximum atomic E-state index is 11.5. The number of carbonyl (C=O) groups is 1. The minimum Gasteiger partial charge on any atom is -0.493 e. The van der Waals surface area contributed by atoms with Crippen LogP contribution in [0.5, 0.6) is 11.5 Å². The Morgan fingerprint density at radius 2 is 1.88 bits per heavy atom. The zero-order chi connectivity index (χ0) is 12.3. The van der Waals surface area contributed by atoms with E-state index in [9.17, 15) is 4.79 Å². The van der Waals surface area contributed by atoms with Crippen LogP contribution in [0.15, 0.2) is 23.8 Å². The number of carbonyl (C=O) groups excluding carboxylic acids is 1. The van der Waals surface area contributed by atoms with E-state index < -0.39 is 0 Å². The van der Waals surface area contributed by atoms with E-state index in [2.05, 4.69) is 0 Å². The van der Waals surface area contributed by atoms with Crippen molar-refractivity contribution in [3.8, 4) is 11.5 Å². The predicted molar refractivity (Wildman–Crippen MR) is 66.4 cm³/mol. The molecule has 17 heavy (non-hydrogen) atoms. The van der Waals surface area contributed by atoms with Gasteiger partial charge in [0, 0.05) is 6.42 Å². The molecule has 3 nitrogen and oxygen atoms in total.